The van der Waals surface area contributed by atoms with Gasteiger partial charge in [0, 0.05) is 31.7 Å². The van der Waals surface area contributed by atoms with Crippen LogP contribution in [0, 0.1) is 0 Å². The zero-order valence-electron chi connectivity index (χ0n) is 12.6. The van der Waals surface area contributed by atoms with Crippen molar-refractivity contribution in [3.8, 4) is 0 Å². The quantitative estimate of drug-likeness (QED) is 0.921. The van der Waals surface area contributed by atoms with E-state index in [0.717, 1.165) is 31.7 Å². The van der Waals surface area contributed by atoms with Gasteiger partial charge in [0.05, 0.1) is 0 Å². The topological polar surface area (TPSA) is 45.2 Å². The minimum Gasteiger partial charge on any atom is -0.354 e. The summed E-state index contributed by atoms with van der Waals surface area (Å²) in [4.78, 5) is 18.7. The van der Waals surface area contributed by atoms with Gasteiger partial charge < -0.3 is 10.2 Å². The van der Waals surface area contributed by atoms with Crippen molar-refractivity contribution < 1.29 is 4.79 Å². The number of aromatic nitrogens is 1. The van der Waals surface area contributed by atoms with E-state index in [1.807, 2.05) is 36.4 Å². The highest BCUT2D eigenvalue weighted by Gasteiger charge is 2.24. The number of rotatable bonds is 5. The van der Waals surface area contributed by atoms with Gasteiger partial charge in [-0.2, -0.15) is 0 Å². The Labute approximate surface area is 131 Å². The average molecular weight is 295 g/mol. The van der Waals surface area contributed by atoms with E-state index in [9.17, 15) is 4.79 Å². The number of benzene rings is 1. The second-order valence-corrected chi connectivity index (χ2v) is 5.67. The van der Waals surface area contributed by atoms with Crippen LogP contribution in [0.2, 0.25) is 0 Å². The molecule has 114 valence electrons. The van der Waals surface area contributed by atoms with Crippen molar-refractivity contribution in [3.63, 3.8) is 0 Å². The van der Waals surface area contributed by atoms with Crippen molar-refractivity contribution >= 4 is 11.7 Å². The predicted molar refractivity (Wildman–Crippen MR) is 87.8 cm³/mol. The SMILES string of the molecule is O=C(CCc1ccccc1)NC1CCN(c2ccccn2)C1. The number of pyridine rings is 1. The van der Waals surface area contributed by atoms with E-state index >= 15 is 0 Å². The molecule has 4 heteroatoms. The van der Waals surface area contributed by atoms with Crippen LogP contribution in [0.1, 0.15) is 18.4 Å². The summed E-state index contributed by atoms with van der Waals surface area (Å²) in [6.45, 7) is 1.79. The van der Waals surface area contributed by atoms with E-state index < -0.39 is 0 Å². The molecule has 1 aliphatic heterocycles. The number of nitrogens with zero attached hydrogens (tertiary/aromatic N) is 2. The van der Waals surface area contributed by atoms with Crippen molar-refractivity contribution in [2.24, 2.45) is 0 Å². The zero-order valence-corrected chi connectivity index (χ0v) is 12.6. The predicted octanol–water partition coefficient (Wildman–Crippen LogP) is 2.41. The number of amides is 1. The molecule has 1 aromatic carbocycles. The Hall–Kier alpha value is -2.36. The van der Waals surface area contributed by atoms with Gasteiger partial charge in [-0.3, -0.25) is 4.79 Å². The molecule has 3 rings (SSSR count). The van der Waals surface area contributed by atoms with E-state index in [1.54, 1.807) is 6.20 Å². The second-order valence-electron chi connectivity index (χ2n) is 5.67. The van der Waals surface area contributed by atoms with Crippen molar-refractivity contribution in [3.05, 3.63) is 60.3 Å². The third-order valence-corrected chi connectivity index (χ3v) is 4.01. The molecule has 1 aliphatic rings. The lowest BCUT2D eigenvalue weighted by atomic mass is 10.1. The Balaban J connectivity index is 1.45. The first-order valence-corrected chi connectivity index (χ1v) is 7.80. The maximum Gasteiger partial charge on any atom is 0.220 e. The van der Waals surface area contributed by atoms with Gasteiger partial charge in [-0.05, 0) is 30.5 Å². The second kappa shape index (κ2) is 7.07. The Morgan fingerprint density at radius 2 is 2.00 bits per heavy atom. The Kier molecular flexibility index (Phi) is 4.68. The van der Waals surface area contributed by atoms with Gasteiger partial charge in [0.1, 0.15) is 5.82 Å². The van der Waals surface area contributed by atoms with Gasteiger partial charge in [0.25, 0.3) is 0 Å². The normalized spacial score (nSPS) is 17.5. The molecule has 2 heterocycles. The summed E-state index contributed by atoms with van der Waals surface area (Å²) >= 11 is 0. The molecule has 1 N–H and O–H groups in total. The first kappa shape index (κ1) is 14.6. The highest BCUT2D eigenvalue weighted by atomic mass is 16.1. The van der Waals surface area contributed by atoms with Gasteiger partial charge in [-0.15, -0.1) is 0 Å². The molecule has 4 nitrogen and oxygen atoms in total. The molecule has 0 bridgehead atoms. The van der Waals surface area contributed by atoms with Crippen molar-refractivity contribution in [2.75, 3.05) is 18.0 Å². The summed E-state index contributed by atoms with van der Waals surface area (Å²) in [5.41, 5.74) is 1.21. The fourth-order valence-electron chi connectivity index (χ4n) is 2.83. The fraction of sp³-hybridized carbons (Fsp3) is 0.333. The highest BCUT2D eigenvalue weighted by molar-refractivity contribution is 5.76. The molecule has 1 amide bonds. The molecule has 0 spiro atoms. The summed E-state index contributed by atoms with van der Waals surface area (Å²) in [6.07, 6.45) is 4.13. The zero-order chi connectivity index (χ0) is 15.2. The molecule has 0 radical (unpaired) electrons. The van der Waals surface area contributed by atoms with Crippen LogP contribution >= 0.6 is 0 Å². The van der Waals surface area contributed by atoms with Gasteiger partial charge in [0.2, 0.25) is 5.91 Å². The van der Waals surface area contributed by atoms with E-state index in [4.69, 9.17) is 0 Å². The summed E-state index contributed by atoms with van der Waals surface area (Å²) in [6, 6.07) is 16.3. The van der Waals surface area contributed by atoms with Crippen LogP contribution in [0.3, 0.4) is 0 Å². The van der Waals surface area contributed by atoms with Crippen LogP contribution in [0.4, 0.5) is 5.82 Å². The Morgan fingerprint density at radius 1 is 1.18 bits per heavy atom. The Morgan fingerprint density at radius 3 is 2.77 bits per heavy atom. The first-order chi connectivity index (χ1) is 10.8. The molecular weight excluding hydrogens is 274 g/mol. The van der Waals surface area contributed by atoms with Gasteiger partial charge in [-0.1, -0.05) is 36.4 Å². The Bertz CT molecular complexity index is 600. The van der Waals surface area contributed by atoms with Crippen LogP contribution < -0.4 is 10.2 Å². The molecule has 0 aliphatic carbocycles. The third-order valence-electron chi connectivity index (χ3n) is 4.01. The highest BCUT2D eigenvalue weighted by Crippen LogP contribution is 2.17. The average Bonchev–Trinajstić information content (AvgIpc) is 3.03. The number of hydrogen-bond donors (Lipinski definition) is 1. The minimum atomic E-state index is 0.136. The van der Waals surface area contributed by atoms with Gasteiger partial charge >= 0.3 is 0 Å². The van der Waals surface area contributed by atoms with Crippen molar-refractivity contribution in [2.45, 2.75) is 25.3 Å². The van der Waals surface area contributed by atoms with Crippen LogP contribution in [0.25, 0.3) is 0 Å². The molecule has 1 saturated heterocycles. The molecule has 2 aromatic rings. The largest absolute Gasteiger partial charge is 0.354 e. The monoisotopic (exact) mass is 295 g/mol. The third kappa shape index (κ3) is 3.85. The molecule has 1 fully saturated rings. The fourth-order valence-corrected chi connectivity index (χ4v) is 2.83. The van der Waals surface area contributed by atoms with Crippen molar-refractivity contribution in [1.29, 1.82) is 0 Å². The lowest BCUT2D eigenvalue weighted by Crippen LogP contribution is -2.37. The lowest BCUT2D eigenvalue weighted by Gasteiger charge is -2.17. The summed E-state index contributed by atoms with van der Waals surface area (Å²) < 4.78 is 0. The smallest absolute Gasteiger partial charge is 0.220 e. The lowest BCUT2D eigenvalue weighted by molar-refractivity contribution is -0.121. The summed E-state index contributed by atoms with van der Waals surface area (Å²) in [5.74, 6) is 1.13. The van der Waals surface area contributed by atoms with Crippen LogP contribution in [-0.2, 0) is 11.2 Å². The maximum absolute atomic E-state index is 12.1. The first-order valence-electron chi connectivity index (χ1n) is 7.80. The molecule has 1 atom stereocenters. The molecular formula is C18H21N3O. The van der Waals surface area contributed by atoms with Gasteiger partial charge in [-0.25, -0.2) is 4.98 Å². The van der Waals surface area contributed by atoms with Crippen LogP contribution in [0.15, 0.2) is 54.7 Å². The summed E-state index contributed by atoms with van der Waals surface area (Å²) in [5, 5.41) is 3.14. The van der Waals surface area contributed by atoms with E-state index in [1.165, 1.54) is 5.56 Å². The van der Waals surface area contributed by atoms with E-state index in [0.29, 0.717) is 6.42 Å². The molecule has 1 aromatic heterocycles. The van der Waals surface area contributed by atoms with Crippen LogP contribution in [-0.4, -0.2) is 30.0 Å². The van der Waals surface area contributed by atoms with E-state index in [-0.39, 0.29) is 11.9 Å². The maximum atomic E-state index is 12.1. The van der Waals surface area contributed by atoms with Crippen molar-refractivity contribution in [1.82, 2.24) is 10.3 Å². The number of nitrogens with one attached hydrogen (secondary N) is 1. The summed E-state index contributed by atoms with van der Waals surface area (Å²) in [7, 11) is 0. The van der Waals surface area contributed by atoms with Crippen LogP contribution in [0.5, 0.6) is 0 Å². The van der Waals surface area contributed by atoms with E-state index in [2.05, 4.69) is 27.3 Å². The number of hydrogen-bond acceptors (Lipinski definition) is 3. The molecule has 22 heavy (non-hydrogen) atoms. The number of aryl methyl sites for hydroxylation is 1. The number of carbonyl (C=O) groups is 1. The standard InChI is InChI=1S/C18H21N3O/c22-18(10-9-15-6-2-1-3-7-15)20-16-11-13-21(14-16)17-8-4-5-12-19-17/h1-8,12,16H,9-11,13-14H2,(H,20,22). The number of anilines is 1. The molecule has 1 unspecified atom stereocenters. The number of carbonyl (C=O) groups excluding carboxylic acids is 1. The molecule has 0 saturated carbocycles. The minimum absolute atomic E-state index is 0.136. The van der Waals surface area contributed by atoms with Gasteiger partial charge in [0.15, 0.2) is 0 Å².